The van der Waals surface area contributed by atoms with Crippen LogP contribution in [-0.2, 0) is 16.6 Å². The van der Waals surface area contributed by atoms with Gasteiger partial charge in [-0.3, -0.25) is 0 Å². The monoisotopic (exact) mass is 216 g/mol. The van der Waals surface area contributed by atoms with Crippen LogP contribution in [0.4, 0.5) is 0 Å². The minimum Gasteiger partial charge on any atom is -0.468 e. The Morgan fingerprint density at radius 3 is 2.93 bits per heavy atom. The molecule has 14 heavy (non-hydrogen) atoms. The minimum atomic E-state index is -3.37. The summed E-state index contributed by atoms with van der Waals surface area (Å²) in [6.45, 7) is 1.94. The summed E-state index contributed by atoms with van der Waals surface area (Å²) in [5.74, 6) is 0.660. The van der Waals surface area contributed by atoms with Crippen LogP contribution in [0, 0.1) is 0 Å². The van der Waals surface area contributed by atoms with Crippen LogP contribution >= 0.6 is 0 Å². The first-order valence-electron chi connectivity index (χ1n) is 4.04. The lowest BCUT2D eigenvalue weighted by molar-refractivity contribution is 0.473. The van der Waals surface area contributed by atoms with Gasteiger partial charge in [-0.2, -0.15) is 0 Å². The van der Waals surface area contributed by atoms with E-state index in [1.54, 1.807) is 19.1 Å². The van der Waals surface area contributed by atoms with Crippen LogP contribution in [0.5, 0.6) is 0 Å². The highest BCUT2D eigenvalue weighted by Crippen LogP contribution is 1.97. The Balaban J connectivity index is 2.35. The summed E-state index contributed by atoms with van der Waals surface area (Å²) < 4.78 is 27.1. The molecule has 0 saturated heterocycles. The van der Waals surface area contributed by atoms with Gasteiger partial charge in [-0.25, -0.2) is 13.8 Å². The Morgan fingerprint density at radius 2 is 2.36 bits per heavy atom. The zero-order chi connectivity index (χ0) is 10.4. The average molecular weight is 216 g/mol. The van der Waals surface area contributed by atoms with Gasteiger partial charge in [-0.1, -0.05) is 6.08 Å². The van der Waals surface area contributed by atoms with Crippen LogP contribution < -0.4 is 10.3 Å². The summed E-state index contributed by atoms with van der Waals surface area (Å²) in [4.78, 5) is 2.17. The molecule has 0 bridgehead atoms. The molecule has 1 aromatic heterocycles. The van der Waals surface area contributed by atoms with Crippen molar-refractivity contribution in [2.75, 3.05) is 0 Å². The maximum atomic E-state index is 11.1. The molecule has 0 aliphatic rings. The molecular weight excluding hydrogens is 204 g/mol. The van der Waals surface area contributed by atoms with E-state index in [1.165, 1.54) is 12.3 Å². The van der Waals surface area contributed by atoms with E-state index in [2.05, 4.69) is 10.3 Å². The second kappa shape index (κ2) is 4.94. The lowest BCUT2D eigenvalue weighted by atomic mass is 10.5. The summed E-state index contributed by atoms with van der Waals surface area (Å²) in [5.41, 5.74) is 2.53. The first-order chi connectivity index (χ1) is 6.64. The quantitative estimate of drug-likeness (QED) is 0.712. The van der Waals surface area contributed by atoms with Gasteiger partial charge in [0, 0.05) is 5.41 Å². The molecule has 78 valence electrons. The molecule has 6 heteroatoms. The summed E-state index contributed by atoms with van der Waals surface area (Å²) >= 11 is 0. The fourth-order valence-electron chi connectivity index (χ4n) is 0.850. The van der Waals surface area contributed by atoms with Crippen molar-refractivity contribution in [1.82, 2.24) is 10.3 Å². The molecule has 0 amide bonds. The normalized spacial score (nSPS) is 12.4. The van der Waals surface area contributed by atoms with Gasteiger partial charge in [0.2, 0.25) is 10.0 Å². The van der Waals surface area contributed by atoms with E-state index in [0.717, 1.165) is 5.41 Å². The van der Waals surface area contributed by atoms with Gasteiger partial charge in [-0.15, -0.1) is 4.83 Å². The fourth-order valence-corrected chi connectivity index (χ4v) is 1.55. The molecule has 1 aromatic rings. The van der Waals surface area contributed by atoms with Gasteiger partial charge in [0.15, 0.2) is 0 Å². The zero-order valence-corrected chi connectivity index (χ0v) is 8.54. The van der Waals surface area contributed by atoms with Crippen LogP contribution in [0.1, 0.15) is 12.7 Å². The smallest absolute Gasteiger partial charge is 0.246 e. The van der Waals surface area contributed by atoms with Crippen molar-refractivity contribution in [1.29, 1.82) is 0 Å². The lowest BCUT2D eigenvalue weighted by Crippen LogP contribution is -2.35. The summed E-state index contributed by atoms with van der Waals surface area (Å²) in [6, 6.07) is 3.48. The Hall–Kier alpha value is -1.11. The Bertz CT molecular complexity index is 381. The van der Waals surface area contributed by atoms with Gasteiger partial charge in [0.1, 0.15) is 5.76 Å². The van der Waals surface area contributed by atoms with Crippen molar-refractivity contribution in [2.24, 2.45) is 0 Å². The molecule has 0 unspecified atom stereocenters. The number of hydrazine groups is 1. The van der Waals surface area contributed by atoms with E-state index in [1.807, 2.05) is 0 Å². The molecule has 0 aromatic carbocycles. The number of furan rings is 1. The second-order valence-corrected chi connectivity index (χ2v) is 4.12. The van der Waals surface area contributed by atoms with Crippen molar-refractivity contribution in [3.63, 3.8) is 0 Å². The topological polar surface area (TPSA) is 71.3 Å². The summed E-state index contributed by atoms with van der Waals surface area (Å²) in [5, 5.41) is 1.07. The highest BCUT2D eigenvalue weighted by molar-refractivity contribution is 7.92. The molecular formula is C8H12N2O3S. The van der Waals surface area contributed by atoms with E-state index in [0.29, 0.717) is 12.3 Å². The van der Waals surface area contributed by atoms with Crippen molar-refractivity contribution >= 4 is 10.0 Å². The number of nitrogens with one attached hydrogen (secondary N) is 2. The maximum absolute atomic E-state index is 11.1. The highest BCUT2D eigenvalue weighted by atomic mass is 32.2. The number of hydrogen-bond acceptors (Lipinski definition) is 4. The predicted octanol–water partition coefficient (Wildman–Crippen LogP) is 0.737. The van der Waals surface area contributed by atoms with E-state index in [4.69, 9.17) is 4.42 Å². The van der Waals surface area contributed by atoms with Crippen molar-refractivity contribution in [2.45, 2.75) is 13.5 Å². The van der Waals surface area contributed by atoms with Gasteiger partial charge >= 0.3 is 0 Å². The standard InChI is InChI=1S/C8H12N2O3S/c1-2-6-14(11,12)10-9-7-8-4-3-5-13-8/h2-6,9-10H,7H2,1H3. The van der Waals surface area contributed by atoms with Crippen LogP contribution in [0.2, 0.25) is 0 Å². The summed E-state index contributed by atoms with van der Waals surface area (Å²) in [7, 11) is -3.37. The maximum Gasteiger partial charge on any atom is 0.246 e. The first kappa shape index (κ1) is 11.0. The third kappa shape index (κ3) is 3.73. The number of hydrogen-bond donors (Lipinski definition) is 2. The predicted molar refractivity (Wildman–Crippen MR) is 52.4 cm³/mol. The van der Waals surface area contributed by atoms with Gasteiger partial charge in [-0.05, 0) is 19.1 Å². The molecule has 0 radical (unpaired) electrons. The molecule has 1 rings (SSSR count). The molecule has 0 aliphatic carbocycles. The molecule has 0 aliphatic heterocycles. The van der Waals surface area contributed by atoms with Crippen LogP contribution in [0.25, 0.3) is 0 Å². The van der Waals surface area contributed by atoms with Crippen LogP contribution in [0.3, 0.4) is 0 Å². The van der Waals surface area contributed by atoms with Gasteiger partial charge < -0.3 is 4.42 Å². The van der Waals surface area contributed by atoms with E-state index in [-0.39, 0.29) is 0 Å². The molecule has 5 nitrogen and oxygen atoms in total. The fraction of sp³-hybridized carbons (Fsp3) is 0.250. The second-order valence-electron chi connectivity index (χ2n) is 2.55. The molecule has 0 fully saturated rings. The third-order valence-electron chi connectivity index (χ3n) is 1.37. The van der Waals surface area contributed by atoms with Crippen LogP contribution in [0.15, 0.2) is 34.3 Å². The number of sulfonamides is 1. The van der Waals surface area contributed by atoms with Crippen molar-refractivity contribution < 1.29 is 12.8 Å². The molecule has 2 N–H and O–H groups in total. The van der Waals surface area contributed by atoms with Gasteiger partial charge in [0.05, 0.1) is 12.8 Å². The first-order valence-corrected chi connectivity index (χ1v) is 5.58. The van der Waals surface area contributed by atoms with Crippen molar-refractivity contribution in [3.05, 3.63) is 35.6 Å². The SMILES string of the molecule is CC=CS(=O)(=O)NNCc1ccco1. The van der Waals surface area contributed by atoms with Crippen LogP contribution in [-0.4, -0.2) is 8.42 Å². The third-order valence-corrected chi connectivity index (χ3v) is 2.43. The lowest BCUT2D eigenvalue weighted by Gasteiger charge is -2.02. The van der Waals surface area contributed by atoms with E-state index >= 15 is 0 Å². The molecule has 0 saturated carbocycles. The largest absolute Gasteiger partial charge is 0.468 e. The number of allylic oxidation sites excluding steroid dienone is 1. The average Bonchev–Trinajstić information content (AvgIpc) is 2.56. The zero-order valence-electron chi connectivity index (χ0n) is 7.73. The van der Waals surface area contributed by atoms with E-state index < -0.39 is 10.0 Å². The molecule has 0 atom stereocenters. The highest BCUT2D eigenvalue weighted by Gasteiger charge is 2.02. The molecule has 1 heterocycles. The Kier molecular flexibility index (Phi) is 3.87. The Morgan fingerprint density at radius 1 is 1.57 bits per heavy atom. The van der Waals surface area contributed by atoms with E-state index in [9.17, 15) is 8.42 Å². The Labute approximate surface area is 82.8 Å². The number of rotatable bonds is 5. The van der Waals surface area contributed by atoms with Crippen molar-refractivity contribution in [3.8, 4) is 0 Å². The van der Waals surface area contributed by atoms with Gasteiger partial charge in [0.25, 0.3) is 0 Å². The molecule has 0 spiro atoms. The minimum absolute atomic E-state index is 0.309. The summed E-state index contributed by atoms with van der Waals surface area (Å²) in [6.07, 6.45) is 2.97.